The van der Waals surface area contributed by atoms with Crippen molar-refractivity contribution >= 4 is 27.9 Å². The first-order valence-corrected chi connectivity index (χ1v) is 10.7. The lowest BCUT2D eigenvalue weighted by atomic mass is 10.2. The van der Waals surface area contributed by atoms with E-state index >= 15 is 0 Å². The van der Waals surface area contributed by atoms with Gasteiger partial charge in [-0.2, -0.15) is 10.1 Å². The molecule has 0 aliphatic carbocycles. The highest BCUT2D eigenvalue weighted by Gasteiger charge is 2.18. The fourth-order valence-electron chi connectivity index (χ4n) is 3.39. The molecule has 0 bridgehead atoms. The second kappa shape index (κ2) is 8.16. The van der Waals surface area contributed by atoms with Crippen LogP contribution in [0.3, 0.4) is 0 Å². The number of thiazole rings is 1. The molecule has 3 heterocycles. The van der Waals surface area contributed by atoms with Crippen LogP contribution in [0.25, 0.3) is 28.2 Å². The molecule has 0 amide bonds. The van der Waals surface area contributed by atoms with Crippen LogP contribution in [0.5, 0.6) is 0 Å². The van der Waals surface area contributed by atoms with Crippen LogP contribution in [0.15, 0.2) is 71.1 Å². The Hall–Kier alpha value is -3.78. The molecular weight excluding hydrogens is 408 g/mol. The molecule has 0 saturated heterocycles. The lowest BCUT2D eigenvalue weighted by Gasteiger charge is -2.06. The first-order valence-electron chi connectivity index (χ1n) is 9.85. The smallest absolute Gasteiger partial charge is 0.279 e. The van der Waals surface area contributed by atoms with Gasteiger partial charge >= 0.3 is 0 Å². The van der Waals surface area contributed by atoms with Gasteiger partial charge in [0.05, 0.1) is 29.3 Å². The molecule has 3 aromatic heterocycles. The van der Waals surface area contributed by atoms with Crippen molar-refractivity contribution < 1.29 is 4.52 Å². The average molecular weight is 429 g/mol. The van der Waals surface area contributed by atoms with Gasteiger partial charge in [-0.3, -0.25) is 4.68 Å². The molecule has 0 aliphatic heterocycles. The molecule has 0 spiro atoms. The van der Waals surface area contributed by atoms with E-state index in [1.54, 1.807) is 11.3 Å². The zero-order valence-electron chi connectivity index (χ0n) is 16.9. The van der Waals surface area contributed by atoms with Crippen molar-refractivity contribution in [3.63, 3.8) is 0 Å². The molecule has 0 unspecified atom stereocenters. The first kappa shape index (κ1) is 19.2. The summed E-state index contributed by atoms with van der Waals surface area (Å²) in [5.41, 5.74) is 4.48. The predicted molar refractivity (Wildman–Crippen MR) is 121 cm³/mol. The number of nitrogens with one attached hydrogen (secondary N) is 1. The Balaban J connectivity index is 1.39. The van der Waals surface area contributed by atoms with Crippen LogP contribution in [-0.4, -0.2) is 24.9 Å². The first-order chi connectivity index (χ1) is 15.2. The van der Waals surface area contributed by atoms with Crippen molar-refractivity contribution in [1.29, 1.82) is 0 Å². The maximum absolute atomic E-state index is 5.54. The number of aromatic nitrogens is 5. The minimum Gasteiger partial charge on any atom is -0.378 e. The summed E-state index contributed by atoms with van der Waals surface area (Å²) in [4.78, 5) is 9.10. The lowest BCUT2D eigenvalue weighted by molar-refractivity contribution is 0.420. The maximum atomic E-state index is 5.54. The van der Waals surface area contributed by atoms with E-state index in [0.29, 0.717) is 30.5 Å². The number of fused-ring (bicyclic) bond motifs is 1. The lowest BCUT2D eigenvalue weighted by Crippen LogP contribution is -2.11. The monoisotopic (exact) mass is 428 g/mol. The van der Waals surface area contributed by atoms with Crippen LogP contribution in [-0.2, 0) is 13.1 Å². The van der Waals surface area contributed by atoms with Gasteiger partial charge < -0.3 is 9.84 Å². The van der Waals surface area contributed by atoms with E-state index in [-0.39, 0.29) is 0 Å². The molecule has 0 aliphatic rings. The molecule has 0 radical (unpaired) electrons. The number of rotatable bonds is 7. The van der Waals surface area contributed by atoms with Crippen LogP contribution in [0.1, 0.15) is 22.1 Å². The molecule has 0 atom stereocenters. The van der Waals surface area contributed by atoms with Crippen molar-refractivity contribution in [3.8, 4) is 11.6 Å². The highest BCUT2D eigenvalue weighted by Crippen LogP contribution is 2.27. The molecule has 5 rings (SSSR count). The molecule has 7 nitrogen and oxygen atoms in total. The topological polar surface area (TPSA) is 81.7 Å². The quantitative estimate of drug-likeness (QED) is 0.406. The van der Waals surface area contributed by atoms with Crippen molar-refractivity contribution in [3.05, 3.63) is 88.6 Å². The number of nitrogens with zero attached hydrogens (tertiary/aromatic N) is 5. The third kappa shape index (κ3) is 3.97. The van der Waals surface area contributed by atoms with E-state index in [1.165, 1.54) is 0 Å². The van der Waals surface area contributed by atoms with Gasteiger partial charge in [0.25, 0.3) is 5.89 Å². The van der Waals surface area contributed by atoms with Gasteiger partial charge in [-0.15, -0.1) is 11.3 Å². The van der Waals surface area contributed by atoms with E-state index < -0.39 is 0 Å². The molecular formula is C23H20N6OS. The summed E-state index contributed by atoms with van der Waals surface area (Å²) in [6.45, 7) is 7.07. The second-order valence-corrected chi connectivity index (χ2v) is 8.16. The van der Waals surface area contributed by atoms with Gasteiger partial charge in [0.15, 0.2) is 11.5 Å². The van der Waals surface area contributed by atoms with Crippen LogP contribution < -0.4 is 5.32 Å². The minimum absolute atomic E-state index is 0.395. The fourth-order valence-corrected chi connectivity index (χ4v) is 3.99. The standard InChI is InChI=1S/C23H20N6OS/c1-15(17-8-4-3-5-9-17)24-12-21-26-23(30-28-21)22-19-10-6-7-11-20(19)29(27-22)13-18-14-31-16(2)25-18/h3-11,14,24H,1,12-13H2,2H3. The van der Waals surface area contributed by atoms with Crippen molar-refractivity contribution in [2.45, 2.75) is 20.0 Å². The maximum Gasteiger partial charge on any atom is 0.279 e. The third-order valence-corrected chi connectivity index (χ3v) is 5.71. The summed E-state index contributed by atoms with van der Waals surface area (Å²) >= 11 is 1.63. The second-order valence-electron chi connectivity index (χ2n) is 7.10. The van der Waals surface area contributed by atoms with Crippen molar-refractivity contribution in [1.82, 2.24) is 30.2 Å². The number of aryl methyl sites for hydroxylation is 1. The third-order valence-electron chi connectivity index (χ3n) is 4.89. The largest absolute Gasteiger partial charge is 0.378 e. The van der Waals surface area contributed by atoms with E-state index in [9.17, 15) is 0 Å². The number of hydrogen-bond donors (Lipinski definition) is 1. The molecule has 2 aromatic carbocycles. The summed E-state index contributed by atoms with van der Waals surface area (Å²) < 4.78 is 7.47. The normalized spacial score (nSPS) is 11.1. The summed E-state index contributed by atoms with van der Waals surface area (Å²) in [5, 5.41) is 16.2. The van der Waals surface area contributed by atoms with E-state index in [4.69, 9.17) is 9.62 Å². The Morgan fingerprint density at radius 1 is 1.10 bits per heavy atom. The average Bonchev–Trinajstić information content (AvgIpc) is 3.52. The van der Waals surface area contributed by atoms with Crippen LogP contribution in [0, 0.1) is 6.92 Å². The molecule has 154 valence electrons. The highest BCUT2D eigenvalue weighted by molar-refractivity contribution is 7.09. The van der Waals surface area contributed by atoms with E-state index in [2.05, 4.69) is 32.4 Å². The molecule has 0 saturated carbocycles. The predicted octanol–water partition coefficient (Wildman–Crippen LogP) is 4.66. The SMILES string of the molecule is C=C(NCc1noc(-c2nn(Cc3csc(C)n3)c3ccccc23)n1)c1ccccc1. The van der Waals surface area contributed by atoms with Gasteiger partial charge in [-0.05, 0) is 18.6 Å². The molecule has 31 heavy (non-hydrogen) atoms. The van der Waals surface area contributed by atoms with Crippen LogP contribution >= 0.6 is 11.3 Å². The summed E-state index contributed by atoms with van der Waals surface area (Å²) in [6.07, 6.45) is 0. The van der Waals surface area contributed by atoms with Crippen molar-refractivity contribution in [2.75, 3.05) is 0 Å². The summed E-state index contributed by atoms with van der Waals surface area (Å²) in [6, 6.07) is 17.9. The van der Waals surface area contributed by atoms with Crippen LogP contribution in [0.2, 0.25) is 0 Å². The van der Waals surface area contributed by atoms with Gasteiger partial charge in [0.1, 0.15) is 0 Å². The van der Waals surface area contributed by atoms with Crippen molar-refractivity contribution in [2.24, 2.45) is 0 Å². The molecule has 1 N–H and O–H groups in total. The Morgan fingerprint density at radius 2 is 1.90 bits per heavy atom. The van der Waals surface area contributed by atoms with Crippen LogP contribution in [0.4, 0.5) is 0 Å². The molecule has 5 aromatic rings. The Bertz CT molecular complexity index is 1350. The number of hydrogen-bond acceptors (Lipinski definition) is 7. The van der Waals surface area contributed by atoms with E-state index in [1.807, 2.05) is 66.2 Å². The number of para-hydroxylation sites is 1. The zero-order chi connectivity index (χ0) is 21.2. The Labute approximate surface area is 183 Å². The molecule has 0 fully saturated rings. The zero-order valence-corrected chi connectivity index (χ0v) is 17.8. The fraction of sp³-hybridized carbons (Fsp3) is 0.130. The Morgan fingerprint density at radius 3 is 2.71 bits per heavy atom. The minimum atomic E-state index is 0.395. The summed E-state index contributed by atoms with van der Waals surface area (Å²) in [7, 11) is 0. The van der Waals surface area contributed by atoms with Gasteiger partial charge in [0.2, 0.25) is 0 Å². The Kier molecular flexibility index (Phi) is 5.05. The number of benzene rings is 2. The van der Waals surface area contributed by atoms with Gasteiger partial charge in [-0.1, -0.05) is 60.3 Å². The molecule has 8 heteroatoms. The van der Waals surface area contributed by atoms with Gasteiger partial charge in [-0.25, -0.2) is 4.98 Å². The van der Waals surface area contributed by atoms with Gasteiger partial charge in [0, 0.05) is 16.5 Å². The van der Waals surface area contributed by atoms with E-state index in [0.717, 1.165) is 32.9 Å². The highest BCUT2D eigenvalue weighted by atomic mass is 32.1. The summed E-state index contributed by atoms with van der Waals surface area (Å²) in [5.74, 6) is 0.937.